The summed E-state index contributed by atoms with van der Waals surface area (Å²) >= 11 is 4.48. The van der Waals surface area contributed by atoms with Gasteiger partial charge in [-0.25, -0.2) is 4.68 Å². The average molecular weight is 285 g/mol. The Hall–Kier alpha value is -2.21. The summed E-state index contributed by atoms with van der Waals surface area (Å²) in [6.45, 7) is 1.97. The highest BCUT2D eigenvalue weighted by Gasteiger charge is 2.17. The smallest absolute Gasteiger partial charge is 0.141 e. The van der Waals surface area contributed by atoms with Crippen LogP contribution >= 0.6 is 12.6 Å². The number of aromatic nitrogens is 2. The summed E-state index contributed by atoms with van der Waals surface area (Å²) in [5, 5.41) is 7.69. The zero-order valence-electron chi connectivity index (χ0n) is 11.0. The molecule has 2 aromatic rings. The predicted molar refractivity (Wildman–Crippen MR) is 84.3 cm³/mol. The van der Waals surface area contributed by atoms with E-state index in [4.69, 9.17) is 5.73 Å². The molecule has 20 heavy (non-hydrogen) atoms. The third-order valence-corrected chi connectivity index (χ3v) is 3.53. The highest BCUT2D eigenvalue weighted by atomic mass is 32.1. The molecule has 6 heteroatoms. The van der Waals surface area contributed by atoms with Gasteiger partial charge in [-0.05, 0) is 19.1 Å². The van der Waals surface area contributed by atoms with Gasteiger partial charge < -0.3 is 11.1 Å². The number of anilines is 1. The van der Waals surface area contributed by atoms with Crippen molar-refractivity contribution in [3.8, 4) is 5.69 Å². The monoisotopic (exact) mass is 285 g/mol. The molecule has 0 spiro atoms. The van der Waals surface area contributed by atoms with E-state index < -0.39 is 0 Å². The van der Waals surface area contributed by atoms with Crippen LogP contribution in [0.2, 0.25) is 0 Å². The molecule has 1 aromatic carbocycles. The number of aliphatic imine (C=N–C) groups is 1. The van der Waals surface area contributed by atoms with Crippen LogP contribution in [0.25, 0.3) is 11.3 Å². The number of nitrogens with zero attached hydrogens (tertiary/aromatic N) is 3. The van der Waals surface area contributed by atoms with E-state index in [0.29, 0.717) is 10.7 Å². The van der Waals surface area contributed by atoms with Gasteiger partial charge in [-0.3, -0.25) is 4.99 Å². The molecule has 0 aliphatic carbocycles. The number of hydrogen-bond acceptors (Lipinski definition) is 5. The molecule has 0 amide bonds. The predicted octanol–water partition coefficient (Wildman–Crippen LogP) is 2.10. The second-order valence-corrected chi connectivity index (χ2v) is 5.00. The molecule has 0 bridgehead atoms. The van der Waals surface area contributed by atoms with Crippen LogP contribution in [0.15, 0.2) is 46.4 Å². The zero-order valence-corrected chi connectivity index (χ0v) is 11.9. The Morgan fingerprint density at radius 2 is 2.05 bits per heavy atom. The molecule has 1 aliphatic heterocycles. The van der Waals surface area contributed by atoms with E-state index in [2.05, 4.69) is 28.0 Å². The third kappa shape index (κ3) is 2.18. The Morgan fingerprint density at radius 1 is 1.30 bits per heavy atom. The number of thiol groups is 1. The number of para-hydroxylation sites is 1. The van der Waals surface area contributed by atoms with Crippen molar-refractivity contribution in [2.24, 2.45) is 4.99 Å². The summed E-state index contributed by atoms with van der Waals surface area (Å²) in [6.07, 6.45) is 3.75. The summed E-state index contributed by atoms with van der Waals surface area (Å²) < 4.78 is 1.68. The average Bonchev–Trinajstić information content (AvgIpc) is 2.77. The van der Waals surface area contributed by atoms with Gasteiger partial charge in [0.1, 0.15) is 17.7 Å². The summed E-state index contributed by atoms with van der Waals surface area (Å²) in [7, 11) is 0. The normalized spacial score (nSPS) is 17.7. The molecule has 3 rings (SSSR count). The van der Waals surface area contributed by atoms with Gasteiger partial charge in [-0.1, -0.05) is 18.2 Å². The Bertz CT molecular complexity index is 687. The molecule has 1 unspecified atom stereocenters. The van der Waals surface area contributed by atoms with Crippen LogP contribution < -0.4 is 11.1 Å². The van der Waals surface area contributed by atoms with Crippen LogP contribution in [-0.2, 0) is 0 Å². The lowest BCUT2D eigenvalue weighted by Crippen LogP contribution is -2.22. The van der Waals surface area contributed by atoms with Crippen LogP contribution in [0.3, 0.4) is 0 Å². The highest BCUT2D eigenvalue weighted by molar-refractivity contribution is 7.80. The van der Waals surface area contributed by atoms with Gasteiger partial charge in [0.2, 0.25) is 0 Å². The van der Waals surface area contributed by atoms with Gasteiger partial charge >= 0.3 is 0 Å². The van der Waals surface area contributed by atoms with Gasteiger partial charge in [0.25, 0.3) is 0 Å². The van der Waals surface area contributed by atoms with Gasteiger partial charge in [0.05, 0.1) is 10.6 Å². The highest BCUT2D eigenvalue weighted by Crippen LogP contribution is 2.28. The summed E-state index contributed by atoms with van der Waals surface area (Å²) in [6, 6.07) is 9.74. The minimum absolute atomic E-state index is 0.0793. The van der Waals surface area contributed by atoms with Gasteiger partial charge in [-0.2, -0.15) is 5.10 Å². The molecule has 0 saturated heterocycles. The Balaban J connectivity index is 2.05. The number of nitrogens with two attached hydrogens (primary N) is 1. The molecule has 3 N–H and O–H groups in total. The van der Waals surface area contributed by atoms with Gasteiger partial charge in [0.15, 0.2) is 0 Å². The van der Waals surface area contributed by atoms with Crippen molar-refractivity contribution in [1.29, 1.82) is 0 Å². The third-order valence-electron chi connectivity index (χ3n) is 3.09. The van der Waals surface area contributed by atoms with Crippen molar-refractivity contribution < 1.29 is 0 Å². The topological polar surface area (TPSA) is 68.2 Å². The van der Waals surface area contributed by atoms with E-state index in [-0.39, 0.29) is 6.17 Å². The fraction of sp³-hybridized carbons (Fsp3) is 0.143. The summed E-state index contributed by atoms with van der Waals surface area (Å²) in [5.74, 6) is 0.516. The fourth-order valence-electron chi connectivity index (χ4n) is 2.00. The van der Waals surface area contributed by atoms with Crippen LogP contribution in [0.4, 0.5) is 5.82 Å². The maximum atomic E-state index is 6.10. The molecule has 1 aromatic heterocycles. The molecule has 102 valence electrons. The van der Waals surface area contributed by atoms with E-state index in [1.807, 2.05) is 43.5 Å². The lowest BCUT2D eigenvalue weighted by atomic mass is 10.2. The first kappa shape index (κ1) is 12.8. The molecule has 2 heterocycles. The van der Waals surface area contributed by atoms with E-state index >= 15 is 0 Å². The first-order valence-corrected chi connectivity index (χ1v) is 6.74. The van der Waals surface area contributed by atoms with Crippen molar-refractivity contribution >= 4 is 30.2 Å². The van der Waals surface area contributed by atoms with E-state index in [1.165, 1.54) is 0 Å². The van der Waals surface area contributed by atoms with E-state index in [1.54, 1.807) is 10.9 Å². The molecule has 0 saturated carbocycles. The number of allylic oxidation sites excluding steroid dienone is 1. The van der Waals surface area contributed by atoms with Crippen LogP contribution in [-0.4, -0.2) is 22.2 Å². The lowest BCUT2D eigenvalue weighted by Gasteiger charge is -2.12. The van der Waals surface area contributed by atoms with Crippen LogP contribution in [0, 0.1) is 0 Å². The van der Waals surface area contributed by atoms with Crippen LogP contribution in [0.5, 0.6) is 0 Å². The maximum absolute atomic E-state index is 6.10. The first-order valence-electron chi connectivity index (χ1n) is 6.29. The van der Waals surface area contributed by atoms with Crippen molar-refractivity contribution in [1.82, 2.24) is 15.1 Å². The van der Waals surface area contributed by atoms with E-state index in [0.717, 1.165) is 17.0 Å². The summed E-state index contributed by atoms with van der Waals surface area (Å²) in [5.41, 5.74) is 8.60. The molecule has 1 atom stereocenters. The van der Waals surface area contributed by atoms with Gasteiger partial charge in [0, 0.05) is 18.0 Å². The summed E-state index contributed by atoms with van der Waals surface area (Å²) in [4.78, 5) is 4.97. The van der Waals surface area contributed by atoms with Crippen molar-refractivity contribution in [2.75, 3.05) is 5.73 Å². The van der Waals surface area contributed by atoms with Crippen molar-refractivity contribution in [2.45, 2.75) is 18.0 Å². The maximum Gasteiger partial charge on any atom is 0.141 e. The number of hydrogen-bond donors (Lipinski definition) is 3. The minimum atomic E-state index is 0.0793. The lowest BCUT2D eigenvalue weighted by molar-refractivity contribution is 0.671. The second kappa shape index (κ2) is 5.05. The number of nitrogen functional groups attached to an aromatic ring is 1. The van der Waals surface area contributed by atoms with Crippen molar-refractivity contribution in [3.63, 3.8) is 0 Å². The first-order chi connectivity index (χ1) is 9.66. The molecule has 5 nitrogen and oxygen atoms in total. The van der Waals surface area contributed by atoms with E-state index in [9.17, 15) is 0 Å². The number of benzene rings is 1. The fourth-order valence-corrected chi connectivity index (χ4v) is 2.26. The van der Waals surface area contributed by atoms with Crippen molar-refractivity contribution in [3.05, 3.63) is 42.2 Å². The molecule has 0 radical (unpaired) electrons. The number of nitrogens with one attached hydrogen (secondary N) is 1. The largest absolute Gasteiger partial charge is 0.383 e. The zero-order chi connectivity index (χ0) is 14.1. The number of rotatable bonds is 2. The van der Waals surface area contributed by atoms with Crippen LogP contribution in [0.1, 0.15) is 12.6 Å². The molecular formula is C14H15N5S. The molecule has 0 fully saturated rings. The second-order valence-electron chi connectivity index (χ2n) is 4.55. The minimum Gasteiger partial charge on any atom is -0.383 e. The Labute approximate surface area is 122 Å². The quantitative estimate of drug-likeness (QED) is 0.740. The van der Waals surface area contributed by atoms with Gasteiger partial charge in [-0.15, -0.1) is 12.6 Å². The molecular weight excluding hydrogens is 270 g/mol. The Morgan fingerprint density at radius 3 is 2.70 bits per heavy atom. The molecule has 1 aliphatic rings. The SMILES string of the molecule is CC1N=CC(c2nn(-c3ccccc3)c(N)c2S)=CN1. The standard InChI is InChI=1S/C14H15N5S/c1-9-16-7-10(8-17-9)12-13(20)14(15)19(18-12)11-5-3-2-4-6-11/h2-9,16,20H,15H2,1H3. The Kier molecular flexibility index (Phi) is 3.23.